The highest BCUT2D eigenvalue weighted by molar-refractivity contribution is 7.98. The number of hydrogen-bond acceptors (Lipinski definition) is 5. The molecule has 3 aromatic rings. The fourth-order valence-electron chi connectivity index (χ4n) is 2.43. The first-order valence-electron chi connectivity index (χ1n) is 8.44. The van der Waals surface area contributed by atoms with Crippen molar-refractivity contribution in [3.8, 4) is 17.2 Å². The van der Waals surface area contributed by atoms with Gasteiger partial charge in [-0.25, -0.2) is 9.78 Å². The standard InChI is InChI=1S/C20H16F3NO4S/c1-12-17(11-29-16-4-2-3-15(9-16)27-10-18(25)26)28-19(24-12)13-5-7-14(8-6-13)20(21,22)23/h2-9H,10-11H2,1H3,(H,25,26). The van der Waals surface area contributed by atoms with E-state index in [9.17, 15) is 18.0 Å². The summed E-state index contributed by atoms with van der Waals surface area (Å²) in [6.07, 6.45) is -4.39. The number of oxazole rings is 1. The van der Waals surface area contributed by atoms with E-state index in [0.29, 0.717) is 28.5 Å². The summed E-state index contributed by atoms with van der Waals surface area (Å²) in [5.74, 6) is 0.683. The third-order valence-corrected chi connectivity index (χ3v) is 4.88. The lowest BCUT2D eigenvalue weighted by Crippen LogP contribution is -2.09. The van der Waals surface area contributed by atoms with Crippen LogP contribution in [0.3, 0.4) is 0 Å². The molecular formula is C20H16F3NO4S. The van der Waals surface area contributed by atoms with Crippen molar-refractivity contribution in [2.75, 3.05) is 6.61 Å². The van der Waals surface area contributed by atoms with Gasteiger partial charge in [0, 0.05) is 10.5 Å². The molecule has 3 rings (SSSR count). The second-order valence-corrected chi connectivity index (χ2v) is 7.10. The second kappa shape index (κ2) is 8.60. The van der Waals surface area contributed by atoms with E-state index in [1.165, 1.54) is 23.9 Å². The van der Waals surface area contributed by atoms with E-state index in [1.807, 2.05) is 6.07 Å². The molecule has 0 atom stereocenters. The molecule has 0 unspecified atom stereocenters. The average molecular weight is 423 g/mol. The van der Waals surface area contributed by atoms with E-state index in [0.717, 1.165) is 17.0 Å². The van der Waals surface area contributed by atoms with Crippen LogP contribution in [0.4, 0.5) is 13.2 Å². The minimum Gasteiger partial charge on any atom is -0.482 e. The molecule has 0 aliphatic carbocycles. The number of rotatable bonds is 7. The van der Waals surface area contributed by atoms with Gasteiger partial charge in [-0.3, -0.25) is 0 Å². The zero-order chi connectivity index (χ0) is 21.0. The van der Waals surface area contributed by atoms with Crippen LogP contribution in [-0.4, -0.2) is 22.7 Å². The average Bonchev–Trinajstić information content (AvgIpc) is 3.05. The summed E-state index contributed by atoms with van der Waals surface area (Å²) in [4.78, 5) is 15.7. The van der Waals surface area contributed by atoms with Crippen molar-refractivity contribution in [1.82, 2.24) is 4.98 Å². The van der Waals surface area contributed by atoms with Crippen LogP contribution in [0.25, 0.3) is 11.5 Å². The van der Waals surface area contributed by atoms with Crippen LogP contribution in [-0.2, 0) is 16.7 Å². The van der Waals surface area contributed by atoms with Gasteiger partial charge in [-0.15, -0.1) is 11.8 Å². The minimum absolute atomic E-state index is 0.255. The molecule has 2 aromatic carbocycles. The lowest BCUT2D eigenvalue weighted by atomic mass is 10.1. The van der Waals surface area contributed by atoms with Gasteiger partial charge in [0.05, 0.1) is 17.0 Å². The molecule has 0 aliphatic rings. The maximum Gasteiger partial charge on any atom is 0.416 e. The molecule has 1 aromatic heterocycles. The van der Waals surface area contributed by atoms with Gasteiger partial charge >= 0.3 is 12.1 Å². The molecule has 5 nitrogen and oxygen atoms in total. The van der Waals surface area contributed by atoms with Crippen molar-refractivity contribution < 1.29 is 32.2 Å². The largest absolute Gasteiger partial charge is 0.482 e. The first-order chi connectivity index (χ1) is 13.7. The number of halogens is 3. The van der Waals surface area contributed by atoms with E-state index in [4.69, 9.17) is 14.3 Å². The van der Waals surface area contributed by atoms with Gasteiger partial charge in [-0.1, -0.05) is 6.07 Å². The van der Waals surface area contributed by atoms with Crippen LogP contribution in [0, 0.1) is 6.92 Å². The van der Waals surface area contributed by atoms with E-state index in [1.54, 1.807) is 25.1 Å². The monoisotopic (exact) mass is 423 g/mol. The molecule has 0 fully saturated rings. The zero-order valence-corrected chi connectivity index (χ0v) is 16.0. The minimum atomic E-state index is -4.39. The summed E-state index contributed by atoms with van der Waals surface area (Å²) in [7, 11) is 0. The molecule has 0 radical (unpaired) electrons. The van der Waals surface area contributed by atoms with E-state index in [2.05, 4.69) is 4.98 Å². The Balaban J connectivity index is 1.68. The van der Waals surface area contributed by atoms with Crippen LogP contribution < -0.4 is 4.74 Å². The van der Waals surface area contributed by atoms with Crippen molar-refractivity contribution in [1.29, 1.82) is 0 Å². The lowest BCUT2D eigenvalue weighted by molar-refractivity contribution is -0.139. The van der Waals surface area contributed by atoms with E-state index < -0.39 is 24.3 Å². The first-order valence-corrected chi connectivity index (χ1v) is 9.42. The van der Waals surface area contributed by atoms with Crippen molar-refractivity contribution >= 4 is 17.7 Å². The summed E-state index contributed by atoms with van der Waals surface area (Å²) in [5, 5.41) is 8.67. The smallest absolute Gasteiger partial charge is 0.416 e. The number of aryl methyl sites for hydroxylation is 1. The number of nitrogens with zero attached hydrogens (tertiary/aromatic N) is 1. The molecule has 9 heteroatoms. The van der Waals surface area contributed by atoms with Gasteiger partial charge in [0.2, 0.25) is 5.89 Å². The number of benzene rings is 2. The first kappa shape index (κ1) is 20.8. The Morgan fingerprint density at radius 1 is 1.21 bits per heavy atom. The Kier molecular flexibility index (Phi) is 6.17. The fourth-order valence-corrected chi connectivity index (χ4v) is 3.37. The molecule has 1 heterocycles. The lowest BCUT2D eigenvalue weighted by Gasteiger charge is -2.06. The zero-order valence-electron chi connectivity index (χ0n) is 15.2. The summed E-state index contributed by atoms with van der Waals surface area (Å²) in [6.45, 7) is 1.34. The van der Waals surface area contributed by atoms with Crippen molar-refractivity contribution in [2.24, 2.45) is 0 Å². The molecule has 0 spiro atoms. The SMILES string of the molecule is Cc1nc(-c2ccc(C(F)(F)F)cc2)oc1CSc1cccc(OCC(=O)O)c1. The molecule has 152 valence electrons. The summed E-state index contributed by atoms with van der Waals surface area (Å²) in [6, 6.07) is 11.6. The topological polar surface area (TPSA) is 72.6 Å². The Morgan fingerprint density at radius 3 is 2.59 bits per heavy atom. The molecule has 29 heavy (non-hydrogen) atoms. The Morgan fingerprint density at radius 2 is 1.93 bits per heavy atom. The predicted octanol–water partition coefficient (Wildman–Crippen LogP) is 5.42. The van der Waals surface area contributed by atoms with Crippen molar-refractivity contribution in [3.05, 3.63) is 65.5 Å². The number of ether oxygens (including phenoxy) is 1. The van der Waals surface area contributed by atoms with Gasteiger partial charge in [-0.05, 0) is 49.4 Å². The quantitative estimate of drug-likeness (QED) is 0.511. The third-order valence-electron chi connectivity index (χ3n) is 3.89. The van der Waals surface area contributed by atoms with E-state index in [-0.39, 0.29) is 5.89 Å². The van der Waals surface area contributed by atoms with Crippen LogP contribution in [0.1, 0.15) is 17.0 Å². The van der Waals surface area contributed by atoms with Gasteiger partial charge in [0.15, 0.2) is 6.61 Å². The number of aromatic nitrogens is 1. The second-order valence-electron chi connectivity index (χ2n) is 6.05. The summed E-state index contributed by atoms with van der Waals surface area (Å²) < 4.78 is 49.0. The summed E-state index contributed by atoms with van der Waals surface area (Å²) >= 11 is 1.44. The Labute approximate surface area is 168 Å². The Bertz CT molecular complexity index is 1000. The molecule has 0 aliphatic heterocycles. The van der Waals surface area contributed by atoms with Crippen molar-refractivity contribution in [3.63, 3.8) is 0 Å². The Hall–Kier alpha value is -2.94. The highest BCUT2D eigenvalue weighted by atomic mass is 32.2. The molecule has 0 amide bonds. The third kappa shape index (κ3) is 5.54. The fraction of sp³-hybridized carbons (Fsp3) is 0.200. The molecule has 0 saturated heterocycles. The van der Waals surface area contributed by atoms with Crippen LogP contribution >= 0.6 is 11.8 Å². The highest BCUT2D eigenvalue weighted by Gasteiger charge is 2.30. The summed E-state index contributed by atoms with van der Waals surface area (Å²) in [5.41, 5.74) is 0.373. The van der Waals surface area contributed by atoms with Crippen molar-refractivity contribution in [2.45, 2.75) is 23.7 Å². The number of hydrogen-bond donors (Lipinski definition) is 1. The van der Waals surface area contributed by atoms with Crippen LogP contribution in [0.15, 0.2) is 57.8 Å². The highest BCUT2D eigenvalue weighted by Crippen LogP contribution is 2.32. The maximum absolute atomic E-state index is 12.7. The van der Waals surface area contributed by atoms with Gasteiger partial charge in [0.1, 0.15) is 11.5 Å². The molecule has 0 saturated carbocycles. The molecule has 1 N–H and O–H groups in total. The number of carbonyl (C=O) groups is 1. The number of aliphatic carboxylic acids is 1. The molecular weight excluding hydrogens is 407 g/mol. The maximum atomic E-state index is 12.7. The van der Waals surface area contributed by atoms with Gasteiger partial charge < -0.3 is 14.3 Å². The number of carboxylic acid groups (broad SMARTS) is 1. The van der Waals surface area contributed by atoms with Crippen LogP contribution in [0.5, 0.6) is 5.75 Å². The van der Waals surface area contributed by atoms with Crippen LogP contribution in [0.2, 0.25) is 0 Å². The van der Waals surface area contributed by atoms with Gasteiger partial charge in [0.25, 0.3) is 0 Å². The number of thioether (sulfide) groups is 1. The predicted molar refractivity (Wildman–Crippen MR) is 101 cm³/mol. The van der Waals surface area contributed by atoms with E-state index >= 15 is 0 Å². The normalized spacial score (nSPS) is 11.4. The van der Waals surface area contributed by atoms with Gasteiger partial charge in [-0.2, -0.15) is 13.2 Å². The number of carboxylic acids is 1. The molecule has 0 bridgehead atoms. The number of alkyl halides is 3.